The number of rotatable bonds is 4. The second-order valence-electron chi connectivity index (χ2n) is 7.58. The molecule has 1 atom stereocenters. The number of nitrogens with one attached hydrogen (secondary N) is 1. The molecule has 0 radical (unpaired) electrons. The van der Waals surface area contributed by atoms with Gasteiger partial charge in [-0.3, -0.25) is 0 Å². The number of ether oxygens (including phenoxy) is 1. The van der Waals surface area contributed by atoms with Gasteiger partial charge < -0.3 is 15.0 Å². The van der Waals surface area contributed by atoms with Crippen LogP contribution in [-0.4, -0.2) is 57.9 Å². The molecule has 2 aromatic heterocycles. The van der Waals surface area contributed by atoms with Gasteiger partial charge in [-0.15, -0.1) is 0 Å². The molecule has 0 spiro atoms. The van der Waals surface area contributed by atoms with Crippen LogP contribution in [0.3, 0.4) is 0 Å². The largest absolute Gasteiger partial charge is 0.377 e. The summed E-state index contributed by atoms with van der Waals surface area (Å²) in [5, 5.41) is 8.39. The molecule has 6 heteroatoms. The molecule has 6 nitrogen and oxygen atoms in total. The third-order valence-corrected chi connectivity index (χ3v) is 5.61. The fraction of sp³-hybridized carbons (Fsp3) is 0.684. The van der Waals surface area contributed by atoms with Crippen LogP contribution in [0.5, 0.6) is 0 Å². The van der Waals surface area contributed by atoms with E-state index < -0.39 is 0 Å². The Balaban J connectivity index is 1.41. The fourth-order valence-corrected chi connectivity index (χ4v) is 4.00. The van der Waals surface area contributed by atoms with Crippen molar-refractivity contribution >= 4 is 11.5 Å². The molecule has 0 unspecified atom stereocenters. The summed E-state index contributed by atoms with van der Waals surface area (Å²) in [6, 6.07) is 2.60. The highest BCUT2D eigenvalue weighted by molar-refractivity contribution is 5.56. The third-order valence-electron chi connectivity index (χ3n) is 5.61. The van der Waals surface area contributed by atoms with Gasteiger partial charge in [0.1, 0.15) is 5.82 Å². The van der Waals surface area contributed by atoms with Gasteiger partial charge in [-0.1, -0.05) is 0 Å². The Morgan fingerprint density at radius 3 is 2.72 bits per heavy atom. The quantitative estimate of drug-likeness (QED) is 0.925. The summed E-state index contributed by atoms with van der Waals surface area (Å²) < 4.78 is 7.75. The van der Waals surface area contributed by atoms with Gasteiger partial charge in [0, 0.05) is 49.6 Å². The summed E-state index contributed by atoms with van der Waals surface area (Å²) in [7, 11) is 0. The van der Waals surface area contributed by atoms with Crippen molar-refractivity contribution < 1.29 is 4.74 Å². The van der Waals surface area contributed by atoms with Gasteiger partial charge in [0.05, 0.1) is 11.8 Å². The van der Waals surface area contributed by atoms with Crippen molar-refractivity contribution in [1.29, 1.82) is 0 Å². The molecule has 0 bridgehead atoms. The minimum Gasteiger partial charge on any atom is -0.377 e. The molecule has 0 amide bonds. The first-order valence-corrected chi connectivity index (χ1v) is 9.54. The number of nitrogens with zero attached hydrogens (tertiary/aromatic N) is 4. The second kappa shape index (κ2) is 6.92. The van der Waals surface area contributed by atoms with Gasteiger partial charge in [-0.25, -0.2) is 4.98 Å². The molecule has 2 aromatic rings. The van der Waals surface area contributed by atoms with E-state index in [1.54, 1.807) is 0 Å². The molecule has 25 heavy (non-hydrogen) atoms. The highest BCUT2D eigenvalue weighted by Crippen LogP contribution is 2.22. The van der Waals surface area contributed by atoms with Crippen LogP contribution in [0.2, 0.25) is 0 Å². The molecule has 2 saturated heterocycles. The van der Waals surface area contributed by atoms with E-state index >= 15 is 0 Å². The number of hydrogen-bond donors (Lipinski definition) is 1. The van der Waals surface area contributed by atoms with E-state index in [2.05, 4.69) is 40.2 Å². The predicted molar refractivity (Wildman–Crippen MR) is 99.3 cm³/mol. The van der Waals surface area contributed by atoms with Crippen LogP contribution in [0.15, 0.2) is 6.07 Å². The molecular formula is C19H29N5O. The number of fused-ring (bicyclic) bond motifs is 1. The molecule has 4 heterocycles. The Kier molecular flexibility index (Phi) is 4.65. The first-order valence-electron chi connectivity index (χ1n) is 9.54. The number of hydrogen-bond acceptors (Lipinski definition) is 5. The van der Waals surface area contributed by atoms with E-state index in [-0.39, 0.29) is 0 Å². The zero-order valence-electron chi connectivity index (χ0n) is 15.6. The van der Waals surface area contributed by atoms with Crippen LogP contribution in [0, 0.1) is 20.8 Å². The number of aromatic nitrogens is 3. The first-order chi connectivity index (χ1) is 12.1. The third kappa shape index (κ3) is 3.51. The zero-order valence-corrected chi connectivity index (χ0v) is 15.6. The van der Waals surface area contributed by atoms with Crippen molar-refractivity contribution in [2.24, 2.45) is 0 Å². The van der Waals surface area contributed by atoms with E-state index in [0.29, 0.717) is 12.1 Å². The van der Waals surface area contributed by atoms with Crippen molar-refractivity contribution in [3.05, 3.63) is 23.0 Å². The Morgan fingerprint density at radius 1 is 1.20 bits per heavy atom. The maximum absolute atomic E-state index is 5.78. The van der Waals surface area contributed by atoms with Crippen molar-refractivity contribution in [3.8, 4) is 0 Å². The van der Waals surface area contributed by atoms with Crippen LogP contribution in [0.25, 0.3) is 5.65 Å². The average Bonchev–Trinajstić information content (AvgIpc) is 3.20. The van der Waals surface area contributed by atoms with E-state index in [9.17, 15) is 0 Å². The standard InChI is InChI=1S/C19H29N5O/c1-13-11-18(24-19(20-13)14(2)15(3)22-24)21-16-6-8-23(9-7-16)12-17-5-4-10-25-17/h11,16-17,21H,4-10,12H2,1-3H3/t17-/m0/s1. The van der Waals surface area contributed by atoms with Gasteiger partial charge in [-0.05, 0) is 46.5 Å². The smallest absolute Gasteiger partial charge is 0.160 e. The summed E-state index contributed by atoms with van der Waals surface area (Å²) in [6.45, 7) is 10.5. The predicted octanol–water partition coefficient (Wildman–Crippen LogP) is 2.71. The van der Waals surface area contributed by atoms with E-state index in [0.717, 1.165) is 67.5 Å². The maximum atomic E-state index is 5.78. The highest BCUT2D eigenvalue weighted by Gasteiger charge is 2.24. The van der Waals surface area contributed by atoms with Crippen molar-refractivity contribution in [2.75, 3.05) is 31.6 Å². The van der Waals surface area contributed by atoms with E-state index in [4.69, 9.17) is 4.74 Å². The molecule has 0 saturated carbocycles. The minimum absolute atomic E-state index is 0.460. The summed E-state index contributed by atoms with van der Waals surface area (Å²) in [5.41, 5.74) is 4.22. The van der Waals surface area contributed by atoms with Crippen molar-refractivity contribution in [2.45, 2.75) is 58.6 Å². The monoisotopic (exact) mass is 343 g/mol. The van der Waals surface area contributed by atoms with Crippen molar-refractivity contribution in [3.63, 3.8) is 0 Å². The lowest BCUT2D eigenvalue weighted by Gasteiger charge is -2.34. The number of piperidine rings is 1. The lowest BCUT2D eigenvalue weighted by atomic mass is 10.0. The van der Waals surface area contributed by atoms with Gasteiger partial charge in [-0.2, -0.15) is 9.61 Å². The minimum atomic E-state index is 0.460. The van der Waals surface area contributed by atoms with Gasteiger partial charge >= 0.3 is 0 Å². The van der Waals surface area contributed by atoms with Gasteiger partial charge in [0.25, 0.3) is 0 Å². The second-order valence-corrected chi connectivity index (χ2v) is 7.58. The van der Waals surface area contributed by atoms with Gasteiger partial charge in [0.2, 0.25) is 0 Å². The Morgan fingerprint density at radius 2 is 2.00 bits per heavy atom. The van der Waals surface area contributed by atoms with Crippen LogP contribution in [0.4, 0.5) is 5.82 Å². The Bertz CT molecular complexity index is 742. The summed E-state index contributed by atoms with van der Waals surface area (Å²) in [6.07, 6.45) is 5.23. The SMILES string of the molecule is Cc1cc(NC2CCN(C[C@@H]3CCCO3)CC2)n2nc(C)c(C)c2n1. The molecule has 2 aliphatic rings. The summed E-state index contributed by atoms with van der Waals surface area (Å²) >= 11 is 0. The lowest BCUT2D eigenvalue weighted by molar-refractivity contribution is 0.0654. The number of anilines is 1. The van der Waals surface area contributed by atoms with E-state index in [1.807, 2.05) is 11.4 Å². The van der Waals surface area contributed by atoms with Crippen LogP contribution >= 0.6 is 0 Å². The van der Waals surface area contributed by atoms with E-state index in [1.165, 1.54) is 12.8 Å². The molecular weight excluding hydrogens is 314 g/mol. The average molecular weight is 343 g/mol. The summed E-state index contributed by atoms with van der Waals surface area (Å²) in [4.78, 5) is 7.22. The molecule has 0 aliphatic carbocycles. The molecule has 4 rings (SSSR count). The summed E-state index contributed by atoms with van der Waals surface area (Å²) in [5.74, 6) is 1.07. The van der Waals surface area contributed by atoms with Gasteiger partial charge in [0.15, 0.2) is 5.65 Å². The molecule has 1 N–H and O–H groups in total. The molecule has 0 aromatic carbocycles. The normalized spacial score (nSPS) is 22.8. The number of aryl methyl sites for hydroxylation is 3. The van der Waals surface area contributed by atoms with Crippen LogP contribution < -0.4 is 5.32 Å². The zero-order chi connectivity index (χ0) is 17.4. The van der Waals surface area contributed by atoms with Crippen LogP contribution in [-0.2, 0) is 4.74 Å². The molecule has 2 aliphatic heterocycles. The highest BCUT2D eigenvalue weighted by atomic mass is 16.5. The molecule has 2 fully saturated rings. The van der Waals surface area contributed by atoms with Crippen LogP contribution in [0.1, 0.15) is 42.6 Å². The number of likely N-dealkylation sites (tertiary alicyclic amines) is 1. The Labute approximate surface area is 149 Å². The first kappa shape index (κ1) is 16.8. The van der Waals surface area contributed by atoms with Crippen molar-refractivity contribution in [1.82, 2.24) is 19.5 Å². The molecule has 136 valence electrons. The fourth-order valence-electron chi connectivity index (χ4n) is 4.00. The lowest BCUT2D eigenvalue weighted by Crippen LogP contribution is -2.42. The maximum Gasteiger partial charge on any atom is 0.160 e. The Hall–Kier alpha value is -1.66. The topological polar surface area (TPSA) is 54.7 Å².